The summed E-state index contributed by atoms with van der Waals surface area (Å²) in [6.07, 6.45) is 0. The quantitative estimate of drug-likeness (QED) is 0.651. The molecule has 1 heterocycles. The second-order valence-corrected chi connectivity index (χ2v) is 3.57. The van der Waals surface area contributed by atoms with E-state index in [0.717, 1.165) is 16.3 Å². The van der Waals surface area contributed by atoms with Gasteiger partial charge in [-0.25, -0.2) is 9.78 Å². The predicted octanol–water partition coefficient (Wildman–Crippen LogP) is 2.41. The van der Waals surface area contributed by atoms with E-state index in [-0.39, 0.29) is 5.82 Å². The van der Waals surface area contributed by atoms with Crippen LogP contribution in [0.2, 0.25) is 0 Å². The van der Waals surface area contributed by atoms with Crippen LogP contribution in [0.15, 0.2) is 36.4 Å². The Balaban J connectivity index is 2.46. The van der Waals surface area contributed by atoms with Crippen molar-refractivity contribution in [2.24, 2.45) is 0 Å². The van der Waals surface area contributed by atoms with Gasteiger partial charge in [0.15, 0.2) is 0 Å². The fourth-order valence-corrected chi connectivity index (χ4v) is 1.85. The molecule has 4 heteroatoms. The molecule has 0 spiro atoms. The number of hydrogen-bond donors (Lipinski definition) is 2. The molecule has 0 atom stereocenters. The Bertz CT molecular complexity index is 700. The van der Waals surface area contributed by atoms with Crippen molar-refractivity contribution in [3.8, 4) is 0 Å². The van der Waals surface area contributed by atoms with Crippen molar-refractivity contribution in [2.45, 2.75) is 0 Å². The van der Waals surface area contributed by atoms with Gasteiger partial charge in [-0.1, -0.05) is 30.3 Å². The number of aromatic amines is 1. The Morgan fingerprint density at radius 2 is 2.00 bits per heavy atom. The van der Waals surface area contributed by atoms with Gasteiger partial charge in [-0.3, -0.25) is 0 Å². The number of carboxylic acid groups (broad SMARTS) is 1. The van der Waals surface area contributed by atoms with Crippen LogP contribution in [0.4, 0.5) is 0 Å². The third kappa shape index (κ3) is 1.16. The second kappa shape index (κ2) is 3.06. The molecule has 16 heavy (non-hydrogen) atoms. The van der Waals surface area contributed by atoms with Gasteiger partial charge in [0.2, 0.25) is 5.82 Å². The van der Waals surface area contributed by atoms with Crippen molar-refractivity contribution in [3.63, 3.8) is 0 Å². The molecule has 0 bridgehead atoms. The first kappa shape index (κ1) is 8.91. The van der Waals surface area contributed by atoms with Gasteiger partial charge in [-0.15, -0.1) is 0 Å². The number of carbonyl (C=O) groups is 1. The molecule has 0 unspecified atom stereocenters. The SMILES string of the molecule is O=C(O)c1nc2c(ccc3ccccc32)[nH]1. The highest BCUT2D eigenvalue weighted by Crippen LogP contribution is 2.23. The standard InChI is InChI=1S/C12H8N2O2/c15-12(16)11-13-9-6-5-7-3-1-2-4-8(7)10(9)14-11/h1-6H,(H,13,14)(H,15,16). The molecule has 0 aliphatic heterocycles. The number of nitrogens with zero attached hydrogens (tertiary/aromatic N) is 1. The zero-order chi connectivity index (χ0) is 11.1. The monoisotopic (exact) mass is 212 g/mol. The van der Waals surface area contributed by atoms with Crippen LogP contribution in [0.25, 0.3) is 21.8 Å². The molecule has 0 saturated heterocycles. The maximum Gasteiger partial charge on any atom is 0.371 e. The molecule has 0 amide bonds. The maximum atomic E-state index is 10.8. The average molecular weight is 212 g/mol. The first-order valence-corrected chi connectivity index (χ1v) is 4.86. The molecular weight excluding hydrogens is 204 g/mol. The van der Waals surface area contributed by atoms with E-state index in [9.17, 15) is 4.79 Å². The van der Waals surface area contributed by atoms with Crippen LogP contribution in [-0.4, -0.2) is 21.0 Å². The summed E-state index contributed by atoms with van der Waals surface area (Å²) in [5.74, 6) is -1.06. The van der Waals surface area contributed by atoms with Crippen molar-refractivity contribution in [2.75, 3.05) is 0 Å². The van der Waals surface area contributed by atoms with Gasteiger partial charge >= 0.3 is 5.97 Å². The Hall–Kier alpha value is -2.36. The lowest BCUT2D eigenvalue weighted by molar-refractivity contribution is 0.0685. The Morgan fingerprint density at radius 1 is 1.19 bits per heavy atom. The zero-order valence-corrected chi connectivity index (χ0v) is 8.27. The Morgan fingerprint density at radius 3 is 2.81 bits per heavy atom. The van der Waals surface area contributed by atoms with Crippen LogP contribution < -0.4 is 0 Å². The van der Waals surface area contributed by atoms with Gasteiger partial charge in [-0.05, 0) is 11.5 Å². The van der Waals surface area contributed by atoms with E-state index < -0.39 is 5.97 Å². The first-order chi connectivity index (χ1) is 7.75. The summed E-state index contributed by atoms with van der Waals surface area (Å²) in [4.78, 5) is 17.7. The Kier molecular flexibility index (Phi) is 1.71. The van der Waals surface area contributed by atoms with Crippen molar-refractivity contribution in [1.29, 1.82) is 0 Å². The zero-order valence-electron chi connectivity index (χ0n) is 8.27. The smallest absolute Gasteiger partial charge is 0.371 e. The van der Waals surface area contributed by atoms with Crippen LogP contribution in [-0.2, 0) is 0 Å². The van der Waals surface area contributed by atoms with E-state index in [1.807, 2.05) is 36.4 Å². The first-order valence-electron chi connectivity index (χ1n) is 4.86. The van der Waals surface area contributed by atoms with Gasteiger partial charge in [0.05, 0.1) is 11.0 Å². The van der Waals surface area contributed by atoms with Crippen molar-refractivity contribution in [3.05, 3.63) is 42.2 Å². The number of aromatic nitrogens is 2. The molecule has 0 aliphatic carbocycles. The average Bonchev–Trinajstić information content (AvgIpc) is 2.73. The summed E-state index contributed by atoms with van der Waals surface area (Å²) in [5, 5.41) is 10.9. The lowest BCUT2D eigenvalue weighted by Crippen LogP contribution is -1.97. The van der Waals surface area contributed by atoms with Gasteiger partial charge in [0.1, 0.15) is 0 Å². The maximum absolute atomic E-state index is 10.8. The number of aromatic carboxylic acids is 1. The third-order valence-electron chi connectivity index (χ3n) is 2.58. The number of rotatable bonds is 1. The van der Waals surface area contributed by atoms with E-state index in [2.05, 4.69) is 9.97 Å². The third-order valence-corrected chi connectivity index (χ3v) is 2.58. The number of nitrogens with one attached hydrogen (secondary N) is 1. The number of fused-ring (bicyclic) bond motifs is 3. The van der Waals surface area contributed by atoms with E-state index in [1.165, 1.54) is 0 Å². The molecule has 3 aromatic rings. The number of carboxylic acids is 1. The Labute approximate surface area is 90.5 Å². The lowest BCUT2D eigenvalue weighted by Gasteiger charge is -1.96. The van der Waals surface area contributed by atoms with Crippen molar-refractivity contribution in [1.82, 2.24) is 9.97 Å². The van der Waals surface area contributed by atoms with Gasteiger partial charge < -0.3 is 10.1 Å². The van der Waals surface area contributed by atoms with Crippen LogP contribution >= 0.6 is 0 Å². The molecule has 0 fully saturated rings. The van der Waals surface area contributed by atoms with Crippen LogP contribution in [0.5, 0.6) is 0 Å². The molecular formula is C12H8N2O2. The van der Waals surface area contributed by atoms with Gasteiger partial charge in [-0.2, -0.15) is 0 Å². The fourth-order valence-electron chi connectivity index (χ4n) is 1.85. The topological polar surface area (TPSA) is 66.0 Å². The largest absolute Gasteiger partial charge is 0.475 e. The molecule has 4 nitrogen and oxygen atoms in total. The predicted molar refractivity (Wildman–Crippen MR) is 60.6 cm³/mol. The van der Waals surface area contributed by atoms with Crippen molar-refractivity contribution < 1.29 is 9.90 Å². The van der Waals surface area contributed by atoms with E-state index >= 15 is 0 Å². The van der Waals surface area contributed by atoms with E-state index in [0.29, 0.717) is 5.52 Å². The minimum absolute atomic E-state index is 0.0219. The molecule has 0 aliphatic rings. The summed E-state index contributed by atoms with van der Waals surface area (Å²) in [6, 6.07) is 11.6. The summed E-state index contributed by atoms with van der Waals surface area (Å²) >= 11 is 0. The fraction of sp³-hybridized carbons (Fsp3) is 0. The number of imidazole rings is 1. The lowest BCUT2D eigenvalue weighted by atomic mass is 10.1. The van der Waals surface area contributed by atoms with Gasteiger partial charge in [0, 0.05) is 5.39 Å². The molecule has 78 valence electrons. The minimum Gasteiger partial charge on any atom is -0.475 e. The van der Waals surface area contributed by atoms with Crippen molar-refractivity contribution >= 4 is 27.8 Å². The second-order valence-electron chi connectivity index (χ2n) is 3.57. The molecule has 1 aromatic heterocycles. The van der Waals surface area contributed by atoms with Crippen LogP contribution in [0, 0.1) is 0 Å². The number of hydrogen-bond acceptors (Lipinski definition) is 2. The molecule has 2 aromatic carbocycles. The number of benzene rings is 2. The normalized spacial score (nSPS) is 11.0. The molecule has 0 saturated carbocycles. The van der Waals surface area contributed by atoms with Gasteiger partial charge in [0.25, 0.3) is 0 Å². The highest BCUT2D eigenvalue weighted by molar-refractivity contribution is 6.05. The molecule has 2 N–H and O–H groups in total. The van der Waals surface area contributed by atoms with E-state index in [4.69, 9.17) is 5.11 Å². The van der Waals surface area contributed by atoms with Crippen LogP contribution in [0.3, 0.4) is 0 Å². The van der Waals surface area contributed by atoms with E-state index in [1.54, 1.807) is 0 Å². The highest BCUT2D eigenvalue weighted by Gasteiger charge is 2.10. The van der Waals surface area contributed by atoms with Crippen LogP contribution in [0.1, 0.15) is 10.6 Å². The summed E-state index contributed by atoms with van der Waals surface area (Å²) in [5.41, 5.74) is 1.45. The summed E-state index contributed by atoms with van der Waals surface area (Å²) < 4.78 is 0. The highest BCUT2D eigenvalue weighted by atomic mass is 16.4. The molecule has 0 radical (unpaired) electrons. The minimum atomic E-state index is -1.04. The number of H-pyrrole nitrogens is 1. The summed E-state index contributed by atoms with van der Waals surface area (Å²) in [7, 11) is 0. The summed E-state index contributed by atoms with van der Waals surface area (Å²) in [6.45, 7) is 0. The molecule has 3 rings (SSSR count).